The lowest BCUT2D eigenvalue weighted by atomic mass is 10.1. The van der Waals surface area contributed by atoms with Gasteiger partial charge < -0.3 is 0 Å². The first-order chi connectivity index (χ1) is 6.81. The Balaban J connectivity index is 2.73. The fourth-order valence-corrected chi connectivity index (χ4v) is 1.42. The molecule has 2 rings (SSSR count). The molecule has 0 aliphatic heterocycles. The maximum atomic E-state index is 10.1. The molecule has 0 aliphatic carbocycles. The van der Waals surface area contributed by atoms with Crippen molar-refractivity contribution in [3.05, 3.63) is 36.0 Å². The summed E-state index contributed by atoms with van der Waals surface area (Å²) in [4.78, 5) is 17.8. The lowest BCUT2D eigenvalue weighted by molar-refractivity contribution is 0.565. The lowest BCUT2D eigenvalue weighted by Crippen LogP contribution is -1.81. The van der Waals surface area contributed by atoms with Crippen molar-refractivity contribution in [3.63, 3.8) is 0 Å². The summed E-state index contributed by atoms with van der Waals surface area (Å²) in [5.74, 6) is 0. The van der Waals surface area contributed by atoms with E-state index in [4.69, 9.17) is 0 Å². The number of isocyanates is 1. The van der Waals surface area contributed by atoms with Crippen molar-refractivity contribution in [2.24, 2.45) is 4.99 Å². The highest BCUT2D eigenvalue weighted by Gasteiger charge is 1.98. The largest absolute Gasteiger partial charge is 0.254 e. The number of para-hydroxylation sites is 1. The van der Waals surface area contributed by atoms with E-state index in [1.54, 1.807) is 6.20 Å². The van der Waals surface area contributed by atoms with Crippen LogP contribution in [0, 0.1) is 6.92 Å². The van der Waals surface area contributed by atoms with Gasteiger partial charge in [0.05, 0.1) is 17.4 Å². The second kappa shape index (κ2) is 3.40. The van der Waals surface area contributed by atoms with Crippen LogP contribution in [0.3, 0.4) is 0 Å². The molecule has 0 saturated carbocycles. The Hall–Kier alpha value is -1.99. The Bertz CT molecular complexity index is 528. The Kier molecular flexibility index (Phi) is 2.09. The van der Waals surface area contributed by atoms with E-state index >= 15 is 0 Å². The summed E-state index contributed by atoms with van der Waals surface area (Å²) in [5, 5.41) is 0.988. The summed E-state index contributed by atoms with van der Waals surface area (Å²) in [6, 6.07) is 7.71. The van der Waals surface area contributed by atoms with Crippen LogP contribution in [-0.4, -0.2) is 11.1 Å². The van der Waals surface area contributed by atoms with Crippen LogP contribution in [0.5, 0.6) is 0 Å². The number of aryl methyl sites for hydroxylation is 1. The van der Waals surface area contributed by atoms with Crippen LogP contribution in [0.2, 0.25) is 0 Å². The van der Waals surface area contributed by atoms with Gasteiger partial charge in [-0.1, -0.05) is 18.2 Å². The first-order valence-electron chi connectivity index (χ1n) is 4.24. The van der Waals surface area contributed by atoms with E-state index < -0.39 is 0 Å². The van der Waals surface area contributed by atoms with Crippen molar-refractivity contribution in [2.75, 3.05) is 0 Å². The van der Waals surface area contributed by atoms with Crippen LogP contribution < -0.4 is 0 Å². The number of fused-ring (bicyclic) bond motifs is 1. The molecule has 1 aromatic carbocycles. The van der Waals surface area contributed by atoms with Gasteiger partial charge in [0.1, 0.15) is 0 Å². The summed E-state index contributed by atoms with van der Waals surface area (Å²) in [6.45, 7) is 2.00. The van der Waals surface area contributed by atoms with E-state index in [1.165, 1.54) is 6.08 Å². The van der Waals surface area contributed by atoms with Crippen LogP contribution in [0.1, 0.15) is 5.56 Å². The molecule has 0 bridgehead atoms. The van der Waals surface area contributed by atoms with E-state index in [0.717, 1.165) is 16.5 Å². The molecule has 0 unspecified atom stereocenters. The van der Waals surface area contributed by atoms with Crippen LogP contribution >= 0.6 is 0 Å². The molecule has 0 fully saturated rings. The zero-order chi connectivity index (χ0) is 9.97. The highest BCUT2D eigenvalue weighted by molar-refractivity contribution is 5.83. The first kappa shape index (κ1) is 8.60. The van der Waals surface area contributed by atoms with Crippen molar-refractivity contribution in [3.8, 4) is 0 Å². The SMILES string of the molecule is Cc1cccc2cc(N=C=O)cnc12. The Morgan fingerprint density at radius 1 is 1.43 bits per heavy atom. The quantitative estimate of drug-likeness (QED) is 0.504. The molecule has 0 saturated heterocycles. The Morgan fingerprint density at radius 2 is 2.29 bits per heavy atom. The van der Waals surface area contributed by atoms with Gasteiger partial charge in [-0.2, -0.15) is 4.99 Å². The molecular weight excluding hydrogens is 176 g/mol. The second-order valence-electron chi connectivity index (χ2n) is 3.04. The molecule has 0 aliphatic rings. The highest BCUT2D eigenvalue weighted by atomic mass is 16.1. The van der Waals surface area contributed by atoms with Crippen molar-refractivity contribution < 1.29 is 4.79 Å². The lowest BCUT2D eigenvalue weighted by Gasteiger charge is -2.00. The molecule has 0 atom stereocenters. The van der Waals surface area contributed by atoms with E-state index in [0.29, 0.717) is 5.69 Å². The maximum absolute atomic E-state index is 10.1. The highest BCUT2D eigenvalue weighted by Crippen LogP contribution is 2.20. The zero-order valence-corrected chi connectivity index (χ0v) is 7.69. The number of hydrogen-bond donors (Lipinski definition) is 0. The van der Waals surface area contributed by atoms with Crippen LogP contribution in [-0.2, 0) is 4.79 Å². The Morgan fingerprint density at radius 3 is 3.07 bits per heavy atom. The first-order valence-corrected chi connectivity index (χ1v) is 4.24. The number of aliphatic imine (C=N–C) groups is 1. The molecule has 68 valence electrons. The molecule has 0 radical (unpaired) electrons. The normalized spacial score (nSPS) is 9.79. The molecule has 1 heterocycles. The van der Waals surface area contributed by atoms with Gasteiger partial charge in [0.25, 0.3) is 0 Å². The predicted molar refractivity (Wildman–Crippen MR) is 54.3 cm³/mol. The number of pyridine rings is 1. The van der Waals surface area contributed by atoms with E-state index in [2.05, 4.69) is 9.98 Å². The Labute approximate surface area is 81.1 Å². The molecule has 0 amide bonds. The molecule has 3 heteroatoms. The third-order valence-corrected chi connectivity index (χ3v) is 2.07. The summed E-state index contributed by atoms with van der Waals surface area (Å²) in [7, 11) is 0. The molecule has 0 N–H and O–H groups in total. The molecule has 0 spiro atoms. The van der Waals surface area contributed by atoms with Crippen molar-refractivity contribution in [1.29, 1.82) is 0 Å². The number of carbonyl (C=O) groups excluding carboxylic acids is 1. The van der Waals surface area contributed by atoms with Crippen LogP contribution in [0.25, 0.3) is 10.9 Å². The van der Waals surface area contributed by atoms with E-state index in [-0.39, 0.29) is 0 Å². The minimum absolute atomic E-state index is 0.540. The van der Waals surface area contributed by atoms with Gasteiger partial charge >= 0.3 is 0 Å². The topological polar surface area (TPSA) is 42.3 Å². The number of benzene rings is 1. The van der Waals surface area contributed by atoms with E-state index in [1.807, 2.05) is 31.2 Å². The summed E-state index contributed by atoms with van der Waals surface area (Å²) in [6.07, 6.45) is 3.07. The van der Waals surface area contributed by atoms with Crippen molar-refractivity contribution in [1.82, 2.24) is 4.98 Å². The van der Waals surface area contributed by atoms with Gasteiger partial charge in [0.15, 0.2) is 0 Å². The average Bonchev–Trinajstić information content (AvgIpc) is 2.18. The van der Waals surface area contributed by atoms with Gasteiger partial charge in [-0.15, -0.1) is 0 Å². The monoisotopic (exact) mass is 184 g/mol. The maximum Gasteiger partial charge on any atom is 0.240 e. The number of aromatic nitrogens is 1. The fourth-order valence-electron chi connectivity index (χ4n) is 1.42. The van der Waals surface area contributed by atoms with Gasteiger partial charge in [0.2, 0.25) is 6.08 Å². The standard InChI is InChI=1S/C11H8N2O/c1-8-3-2-4-9-5-10(13-7-14)6-12-11(8)9/h2-6H,1H3. The average molecular weight is 184 g/mol. The van der Waals surface area contributed by atoms with Gasteiger partial charge in [-0.3, -0.25) is 4.98 Å². The summed E-state index contributed by atoms with van der Waals surface area (Å²) >= 11 is 0. The van der Waals surface area contributed by atoms with Crippen LogP contribution in [0.4, 0.5) is 5.69 Å². The summed E-state index contributed by atoms with van der Waals surface area (Å²) in [5.41, 5.74) is 2.60. The number of hydrogen-bond acceptors (Lipinski definition) is 3. The molecule has 1 aromatic heterocycles. The van der Waals surface area contributed by atoms with Crippen molar-refractivity contribution >= 4 is 22.7 Å². The second-order valence-corrected chi connectivity index (χ2v) is 3.04. The van der Waals surface area contributed by atoms with E-state index in [9.17, 15) is 4.79 Å². The van der Waals surface area contributed by atoms with Gasteiger partial charge in [-0.25, -0.2) is 4.79 Å². The summed E-state index contributed by atoms with van der Waals surface area (Å²) < 4.78 is 0. The zero-order valence-electron chi connectivity index (χ0n) is 7.69. The minimum Gasteiger partial charge on any atom is -0.254 e. The van der Waals surface area contributed by atoms with Gasteiger partial charge in [0, 0.05) is 5.39 Å². The third kappa shape index (κ3) is 1.41. The third-order valence-electron chi connectivity index (χ3n) is 2.07. The number of nitrogens with zero attached hydrogens (tertiary/aromatic N) is 2. The molecular formula is C11H8N2O. The van der Waals surface area contributed by atoms with Gasteiger partial charge in [-0.05, 0) is 18.6 Å². The molecule has 14 heavy (non-hydrogen) atoms. The molecule has 3 nitrogen and oxygen atoms in total. The predicted octanol–water partition coefficient (Wildman–Crippen LogP) is 2.51. The minimum atomic E-state index is 0.540. The van der Waals surface area contributed by atoms with Crippen molar-refractivity contribution in [2.45, 2.75) is 6.92 Å². The smallest absolute Gasteiger partial charge is 0.240 e. The molecule has 2 aromatic rings. The number of rotatable bonds is 1. The van der Waals surface area contributed by atoms with Crippen LogP contribution in [0.15, 0.2) is 35.5 Å². The fraction of sp³-hybridized carbons (Fsp3) is 0.0909.